The van der Waals surface area contributed by atoms with Crippen LogP contribution in [0.3, 0.4) is 0 Å². The molecule has 3 nitrogen and oxygen atoms in total. The number of benzene rings is 1. The van der Waals surface area contributed by atoms with Gasteiger partial charge >= 0.3 is 0 Å². The van der Waals surface area contributed by atoms with Crippen LogP contribution in [0.25, 0.3) is 5.69 Å². The second kappa shape index (κ2) is 4.09. The first kappa shape index (κ1) is 11.5. The summed E-state index contributed by atoms with van der Waals surface area (Å²) in [6, 6.07) is 7.05. The molecule has 0 unspecified atom stereocenters. The van der Waals surface area contributed by atoms with Crippen LogP contribution < -0.4 is 11.5 Å². The minimum atomic E-state index is 0.248. The first-order valence-electron chi connectivity index (χ1n) is 4.39. The van der Waals surface area contributed by atoms with Gasteiger partial charge in [-0.15, -0.1) is 0 Å². The van der Waals surface area contributed by atoms with Gasteiger partial charge in [0.25, 0.3) is 0 Å². The number of nitrogens with two attached hydrogens (primary N) is 2. The quantitative estimate of drug-likeness (QED) is 0.782. The Kier molecular flexibility index (Phi) is 2.93. The van der Waals surface area contributed by atoms with E-state index in [1.807, 2.05) is 0 Å². The first-order chi connectivity index (χ1) is 7.52. The number of halogens is 3. The maximum Gasteiger partial charge on any atom is 0.135 e. The molecule has 0 radical (unpaired) electrons. The molecule has 0 saturated heterocycles. The van der Waals surface area contributed by atoms with E-state index >= 15 is 0 Å². The van der Waals surface area contributed by atoms with Crippen LogP contribution in [0.4, 0.5) is 11.5 Å². The fraction of sp³-hybridized carbons (Fsp3) is 0. The summed E-state index contributed by atoms with van der Waals surface area (Å²) < 4.78 is 1.56. The second-order valence-electron chi connectivity index (χ2n) is 3.23. The number of nitrogen functional groups attached to an aromatic ring is 2. The molecule has 2 aromatic rings. The topological polar surface area (TPSA) is 57.0 Å². The van der Waals surface area contributed by atoms with Gasteiger partial charge in [-0.2, -0.15) is 0 Å². The maximum atomic E-state index is 6.03. The highest BCUT2D eigenvalue weighted by Crippen LogP contribution is 2.39. The maximum absolute atomic E-state index is 6.03. The van der Waals surface area contributed by atoms with Gasteiger partial charge in [-0.3, -0.25) is 4.57 Å². The van der Waals surface area contributed by atoms with Crippen LogP contribution in [0.2, 0.25) is 15.2 Å². The van der Waals surface area contributed by atoms with Gasteiger partial charge in [-0.05, 0) is 24.3 Å². The standard InChI is InChI=1S/C10H8Cl3N3/c11-7-8(12)10(15)16(9(7)13)6-3-1-5(14)2-4-6/h1-4H,14-15H2. The zero-order valence-corrected chi connectivity index (χ0v) is 10.3. The predicted octanol–water partition coefficient (Wildman–Crippen LogP) is 3.60. The molecule has 0 bridgehead atoms. The van der Waals surface area contributed by atoms with Gasteiger partial charge in [0.2, 0.25) is 0 Å². The van der Waals surface area contributed by atoms with Crippen LogP contribution >= 0.6 is 34.8 Å². The minimum absolute atomic E-state index is 0.248. The average molecular weight is 277 g/mol. The number of anilines is 2. The monoisotopic (exact) mass is 275 g/mol. The lowest BCUT2D eigenvalue weighted by Gasteiger charge is -2.07. The Balaban J connectivity index is 2.64. The van der Waals surface area contributed by atoms with Crippen molar-refractivity contribution in [1.82, 2.24) is 4.57 Å². The molecule has 2 rings (SSSR count). The molecule has 6 heteroatoms. The van der Waals surface area contributed by atoms with E-state index in [0.29, 0.717) is 11.5 Å². The van der Waals surface area contributed by atoms with E-state index in [2.05, 4.69) is 0 Å². The number of rotatable bonds is 1. The van der Waals surface area contributed by atoms with E-state index in [0.717, 1.165) is 5.69 Å². The molecule has 0 aliphatic heterocycles. The fourth-order valence-electron chi connectivity index (χ4n) is 1.38. The van der Waals surface area contributed by atoms with E-state index in [1.165, 1.54) is 0 Å². The average Bonchev–Trinajstić information content (AvgIpc) is 2.46. The third kappa shape index (κ3) is 1.71. The Morgan fingerprint density at radius 1 is 0.875 bits per heavy atom. The fourth-order valence-corrected chi connectivity index (χ4v) is 2.07. The lowest BCUT2D eigenvalue weighted by Crippen LogP contribution is -2.00. The summed E-state index contributed by atoms with van der Waals surface area (Å²) in [7, 11) is 0. The molecule has 1 aromatic carbocycles. The molecule has 0 amide bonds. The lowest BCUT2D eigenvalue weighted by molar-refractivity contribution is 1.09. The summed E-state index contributed by atoms with van der Waals surface area (Å²) in [6.07, 6.45) is 0. The van der Waals surface area contributed by atoms with Gasteiger partial charge in [0.15, 0.2) is 0 Å². The number of nitrogens with zero attached hydrogens (tertiary/aromatic N) is 1. The Bertz CT molecular complexity index is 506. The summed E-state index contributed by atoms with van der Waals surface area (Å²) in [5.41, 5.74) is 12.8. The Hall–Kier alpha value is -1.03. The Morgan fingerprint density at radius 3 is 1.88 bits per heavy atom. The van der Waals surface area contributed by atoms with Crippen molar-refractivity contribution in [2.24, 2.45) is 0 Å². The smallest absolute Gasteiger partial charge is 0.135 e. The van der Waals surface area contributed by atoms with Crippen molar-refractivity contribution in [2.75, 3.05) is 11.5 Å². The van der Waals surface area contributed by atoms with E-state index in [-0.39, 0.29) is 15.2 Å². The van der Waals surface area contributed by atoms with E-state index in [9.17, 15) is 0 Å². The van der Waals surface area contributed by atoms with E-state index in [4.69, 9.17) is 46.3 Å². The largest absolute Gasteiger partial charge is 0.399 e. The molecule has 1 aromatic heterocycles. The minimum Gasteiger partial charge on any atom is -0.399 e. The molecule has 0 aliphatic carbocycles. The van der Waals surface area contributed by atoms with Gasteiger partial charge in [0, 0.05) is 11.4 Å². The molecular formula is C10H8Cl3N3. The zero-order chi connectivity index (χ0) is 11.9. The summed E-state index contributed by atoms with van der Waals surface area (Å²) >= 11 is 17.8. The van der Waals surface area contributed by atoms with Crippen LogP contribution in [0.5, 0.6) is 0 Å². The predicted molar refractivity (Wildman–Crippen MR) is 69.6 cm³/mol. The molecule has 4 N–H and O–H groups in total. The van der Waals surface area contributed by atoms with Crippen molar-refractivity contribution in [3.8, 4) is 5.69 Å². The highest BCUT2D eigenvalue weighted by molar-refractivity contribution is 6.49. The molecule has 1 heterocycles. The van der Waals surface area contributed by atoms with Crippen molar-refractivity contribution < 1.29 is 0 Å². The summed E-state index contributed by atoms with van der Waals surface area (Å²) in [6.45, 7) is 0. The van der Waals surface area contributed by atoms with Crippen molar-refractivity contribution in [2.45, 2.75) is 0 Å². The van der Waals surface area contributed by atoms with Crippen LogP contribution in [-0.2, 0) is 0 Å². The van der Waals surface area contributed by atoms with E-state index in [1.54, 1.807) is 28.8 Å². The number of hydrogen-bond acceptors (Lipinski definition) is 2. The van der Waals surface area contributed by atoms with Crippen molar-refractivity contribution in [1.29, 1.82) is 0 Å². The van der Waals surface area contributed by atoms with Crippen molar-refractivity contribution >= 4 is 46.3 Å². The van der Waals surface area contributed by atoms with Crippen LogP contribution in [-0.4, -0.2) is 4.57 Å². The van der Waals surface area contributed by atoms with Crippen molar-refractivity contribution in [3.63, 3.8) is 0 Å². The van der Waals surface area contributed by atoms with Crippen LogP contribution in [0, 0.1) is 0 Å². The number of hydrogen-bond donors (Lipinski definition) is 2. The molecule has 0 spiro atoms. The molecule has 0 fully saturated rings. The normalized spacial score (nSPS) is 10.7. The van der Waals surface area contributed by atoms with Gasteiger partial charge in [0.05, 0.1) is 5.02 Å². The second-order valence-corrected chi connectivity index (χ2v) is 4.34. The van der Waals surface area contributed by atoms with Gasteiger partial charge in [-0.1, -0.05) is 34.8 Å². The molecule has 0 saturated carbocycles. The molecule has 0 atom stereocenters. The van der Waals surface area contributed by atoms with Crippen molar-refractivity contribution in [3.05, 3.63) is 39.5 Å². The SMILES string of the molecule is Nc1ccc(-n2c(N)c(Cl)c(Cl)c2Cl)cc1. The van der Waals surface area contributed by atoms with E-state index < -0.39 is 0 Å². The Labute approximate surface area is 107 Å². The van der Waals surface area contributed by atoms with Crippen LogP contribution in [0.1, 0.15) is 0 Å². The summed E-state index contributed by atoms with van der Waals surface area (Å²) in [5, 5.41) is 0.787. The third-order valence-electron chi connectivity index (χ3n) is 2.19. The molecule has 0 aliphatic rings. The van der Waals surface area contributed by atoms with Crippen LogP contribution in [0.15, 0.2) is 24.3 Å². The first-order valence-corrected chi connectivity index (χ1v) is 5.52. The molecule has 16 heavy (non-hydrogen) atoms. The molecule has 84 valence electrons. The van der Waals surface area contributed by atoms with Gasteiger partial charge in [-0.25, -0.2) is 0 Å². The highest BCUT2D eigenvalue weighted by Gasteiger charge is 2.17. The Morgan fingerprint density at radius 2 is 1.44 bits per heavy atom. The summed E-state index contributed by atoms with van der Waals surface area (Å²) in [4.78, 5) is 0. The molecular weight excluding hydrogens is 268 g/mol. The lowest BCUT2D eigenvalue weighted by atomic mass is 10.3. The summed E-state index contributed by atoms with van der Waals surface area (Å²) in [5.74, 6) is 0.307. The third-order valence-corrected chi connectivity index (χ3v) is 3.49. The zero-order valence-electron chi connectivity index (χ0n) is 8.05. The van der Waals surface area contributed by atoms with Gasteiger partial charge in [0.1, 0.15) is 16.0 Å². The highest BCUT2D eigenvalue weighted by atomic mass is 35.5. The van der Waals surface area contributed by atoms with Gasteiger partial charge < -0.3 is 11.5 Å². The number of aromatic nitrogens is 1.